The number of ether oxygens (including phenoxy) is 1. The maximum absolute atomic E-state index is 5.70. The van der Waals surface area contributed by atoms with Crippen LogP contribution in [0, 0.1) is 0 Å². The smallest absolute Gasteiger partial charge is 0.0828 e. The standard InChI is InChI=1S/C12H14.C11H13N.C11H12O.C11H12S.C7H11N.3CH4/c1-2-4-12-10-7-5-9(6-8-10)11(12)3-1;3*1-2-4-10-9(3-1)8-5-6-11(10)12-7-8;1-2-6-4-5-7(3-1)8-6;;;/h1-4,9-10H,5-8H2;1-4,8,11-12H,5-7H2;2*1-4,8,11H,5-7H2;4-8H,1-3H2;3*1H4. The van der Waals surface area contributed by atoms with Crippen molar-refractivity contribution in [1.82, 2.24) is 10.6 Å². The normalized spacial score (nSPS) is 31.6. The van der Waals surface area contributed by atoms with Crippen molar-refractivity contribution in [2.45, 2.75) is 165 Å². The van der Waals surface area contributed by atoms with E-state index in [9.17, 15) is 0 Å². The topological polar surface area (TPSA) is 33.3 Å². The van der Waals surface area contributed by atoms with Gasteiger partial charge in [-0.1, -0.05) is 131 Å². The lowest BCUT2D eigenvalue weighted by atomic mass is 9.67. The molecule has 8 heterocycles. The summed E-state index contributed by atoms with van der Waals surface area (Å²) in [6, 6.07) is 37.8. The van der Waals surface area contributed by atoms with E-state index >= 15 is 0 Å². The Hall–Kier alpha value is -3.15. The van der Waals surface area contributed by atoms with Crippen LogP contribution in [0.2, 0.25) is 0 Å². The minimum absolute atomic E-state index is 0. The van der Waals surface area contributed by atoms with E-state index in [1.54, 1.807) is 38.9 Å². The molecule has 8 unspecified atom stereocenters. The van der Waals surface area contributed by atoms with Gasteiger partial charge in [-0.3, -0.25) is 0 Å². The molecule has 0 spiro atoms. The molecular weight excluding hydrogens is 737 g/mol. The van der Waals surface area contributed by atoms with Crippen molar-refractivity contribution in [1.29, 1.82) is 0 Å². The average molecular weight is 811 g/mol. The van der Waals surface area contributed by atoms with Crippen molar-refractivity contribution in [3.05, 3.63) is 154 Å². The number of rotatable bonds is 0. The molecule has 4 aromatic carbocycles. The number of hydrogen-bond donors (Lipinski definition) is 2. The van der Waals surface area contributed by atoms with Crippen molar-refractivity contribution >= 4 is 11.8 Å². The van der Waals surface area contributed by atoms with E-state index < -0.39 is 0 Å². The Bertz CT molecular complexity index is 1570. The summed E-state index contributed by atoms with van der Waals surface area (Å²) in [4.78, 5) is 0. The second-order valence-electron chi connectivity index (χ2n) is 18.2. The Morgan fingerprint density at radius 3 is 1.37 bits per heavy atom. The molecule has 0 aromatic heterocycles. The summed E-state index contributed by atoms with van der Waals surface area (Å²) < 4.78 is 5.70. The number of nitrogens with one attached hydrogen (secondary N) is 2. The van der Waals surface area contributed by atoms with Gasteiger partial charge in [-0.15, -0.1) is 0 Å². The minimum atomic E-state index is 0. The first-order valence-electron chi connectivity index (χ1n) is 22.5. The van der Waals surface area contributed by atoms with Crippen molar-refractivity contribution < 1.29 is 4.74 Å². The first-order valence-corrected chi connectivity index (χ1v) is 23.6. The highest BCUT2D eigenvalue weighted by atomic mass is 32.2. The molecule has 4 saturated heterocycles. The van der Waals surface area contributed by atoms with Crippen molar-refractivity contribution in [2.24, 2.45) is 0 Å². The summed E-state index contributed by atoms with van der Waals surface area (Å²) in [6.07, 6.45) is 23.0. The van der Waals surface area contributed by atoms with Crippen LogP contribution in [-0.4, -0.2) is 31.0 Å². The fraction of sp³-hybridized carbons (Fsp3) is 0.527. The largest absolute Gasteiger partial charge is 0.373 e. The maximum Gasteiger partial charge on any atom is 0.0828 e. The van der Waals surface area contributed by atoms with Gasteiger partial charge in [-0.2, -0.15) is 11.8 Å². The summed E-state index contributed by atoms with van der Waals surface area (Å²) in [6.45, 7) is 2.14. The van der Waals surface area contributed by atoms with E-state index in [0.29, 0.717) is 18.1 Å². The van der Waals surface area contributed by atoms with Gasteiger partial charge in [0.15, 0.2) is 0 Å². The summed E-state index contributed by atoms with van der Waals surface area (Å²) in [7, 11) is 0. The Labute approximate surface area is 363 Å². The van der Waals surface area contributed by atoms with Gasteiger partial charge in [0, 0.05) is 41.6 Å². The predicted molar refractivity (Wildman–Crippen MR) is 254 cm³/mol. The zero-order chi connectivity index (χ0) is 37.3. The SMILES string of the molecule is C.C.C.C1=CC2CCCC1N2.c1ccc2c(c1)C1CCC2CC1.c1ccc2c(c1)C1CCC2NC1.c1ccc2c(c1)C1CCC2OC1.c1ccc2c(c1)C1CCC2SC1. The molecule has 1 saturated carbocycles. The quantitative estimate of drug-likeness (QED) is 0.173. The van der Waals surface area contributed by atoms with Crippen molar-refractivity contribution in [2.75, 3.05) is 18.9 Å². The Morgan fingerprint density at radius 2 is 0.915 bits per heavy atom. The van der Waals surface area contributed by atoms with Gasteiger partial charge >= 0.3 is 0 Å². The molecule has 8 aliphatic heterocycles. The summed E-state index contributed by atoms with van der Waals surface area (Å²) >= 11 is 2.16. The van der Waals surface area contributed by atoms with Gasteiger partial charge in [-0.25, -0.2) is 0 Å². The van der Waals surface area contributed by atoms with Gasteiger partial charge in [0.1, 0.15) is 0 Å². The van der Waals surface area contributed by atoms with Crippen molar-refractivity contribution in [3.63, 3.8) is 0 Å². The molecule has 10 bridgehead atoms. The number of hydrogen-bond acceptors (Lipinski definition) is 4. The molecule has 14 aliphatic rings. The zero-order valence-electron chi connectivity index (χ0n) is 33.3. The fourth-order valence-electron chi connectivity index (χ4n) is 12.0. The van der Waals surface area contributed by atoms with Crippen LogP contribution >= 0.6 is 11.8 Å². The molecular formula is C55H74N2OS. The second kappa shape index (κ2) is 20.1. The van der Waals surface area contributed by atoms with E-state index in [0.717, 1.165) is 47.6 Å². The number of piperidine rings is 2. The molecule has 4 heteroatoms. The lowest BCUT2D eigenvalue weighted by Crippen LogP contribution is -2.38. The van der Waals surface area contributed by atoms with Gasteiger partial charge in [0.2, 0.25) is 0 Å². The van der Waals surface area contributed by atoms with E-state index in [2.05, 4.69) is 132 Å². The third kappa shape index (κ3) is 9.37. The minimum Gasteiger partial charge on any atom is -0.373 e. The third-order valence-electron chi connectivity index (χ3n) is 15.0. The Kier molecular flexibility index (Phi) is 15.0. The van der Waals surface area contributed by atoms with Crippen LogP contribution < -0.4 is 10.6 Å². The Morgan fingerprint density at radius 1 is 0.441 bits per heavy atom. The number of fused-ring (bicyclic) bond motifs is 10. The zero-order valence-corrected chi connectivity index (χ0v) is 34.1. The van der Waals surface area contributed by atoms with Gasteiger partial charge in [-0.05, 0) is 152 Å². The van der Waals surface area contributed by atoms with E-state index in [-0.39, 0.29) is 22.3 Å². The van der Waals surface area contributed by atoms with Crippen LogP contribution in [0.5, 0.6) is 0 Å². The summed E-state index contributed by atoms with van der Waals surface area (Å²) in [5.74, 6) is 5.53. The summed E-state index contributed by atoms with van der Waals surface area (Å²) in [5.41, 5.74) is 12.8. The molecule has 0 amide bonds. The van der Waals surface area contributed by atoms with Crippen molar-refractivity contribution in [3.8, 4) is 0 Å². The second-order valence-corrected chi connectivity index (χ2v) is 19.4. The molecule has 6 aliphatic carbocycles. The molecule has 5 fully saturated rings. The van der Waals surface area contributed by atoms with Crippen LogP contribution in [0.4, 0.5) is 0 Å². The molecule has 3 nitrogen and oxygen atoms in total. The molecule has 4 aromatic rings. The van der Waals surface area contributed by atoms with Gasteiger partial charge < -0.3 is 15.4 Å². The Balaban J connectivity index is 0.000000111. The molecule has 59 heavy (non-hydrogen) atoms. The van der Waals surface area contributed by atoms with Crippen LogP contribution in [-0.2, 0) is 4.74 Å². The van der Waals surface area contributed by atoms with Gasteiger partial charge in [0.05, 0.1) is 12.7 Å². The van der Waals surface area contributed by atoms with E-state index in [1.807, 2.05) is 0 Å². The molecule has 2 N–H and O–H groups in total. The summed E-state index contributed by atoms with van der Waals surface area (Å²) in [5, 5.41) is 7.88. The monoisotopic (exact) mass is 811 g/mol. The molecule has 0 radical (unpaired) electrons. The first kappa shape index (κ1) is 43.9. The maximum atomic E-state index is 5.70. The lowest BCUT2D eigenvalue weighted by Gasteiger charge is -2.39. The van der Waals surface area contributed by atoms with Crippen LogP contribution in [0.25, 0.3) is 0 Å². The predicted octanol–water partition coefficient (Wildman–Crippen LogP) is 14.6. The molecule has 316 valence electrons. The van der Waals surface area contributed by atoms with Crippen LogP contribution in [0.3, 0.4) is 0 Å². The lowest BCUT2D eigenvalue weighted by molar-refractivity contribution is -0.0142. The number of thioether (sulfide) groups is 1. The van der Waals surface area contributed by atoms with E-state index in [1.165, 1.54) is 101 Å². The first-order chi connectivity index (χ1) is 27.7. The van der Waals surface area contributed by atoms with E-state index in [4.69, 9.17) is 4.74 Å². The average Bonchev–Trinajstić information content (AvgIpc) is 3.65. The number of benzene rings is 4. The van der Waals surface area contributed by atoms with Crippen LogP contribution in [0.1, 0.15) is 197 Å². The van der Waals surface area contributed by atoms with Crippen LogP contribution in [0.15, 0.2) is 109 Å². The third-order valence-corrected chi connectivity index (χ3v) is 16.5. The molecule has 8 atom stereocenters. The highest BCUT2D eigenvalue weighted by Crippen LogP contribution is 2.52. The highest BCUT2D eigenvalue weighted by Gasteiger charge is 2.35. The highest BCUT2D eigenvalue weighted by molar-refractivity contribution is 7.99. The fourth-order valence-corrected chi connectivity index (χ4v) is 13.5. The van der Waals surface area contributed by atoms with Gasteiger partial charge in [0.25, 0.3) is 0 Å². The molecule has 18 rings (SSSR count).